The normalized spacial score (nSPS) is 13.6. The van der Waals surface area contributed by atoms with Crippen molar-refractivity contribution in [2.24, 2.45) is 0 Å². The first-order chi connectivity index (χ1) is 7.98. The van der Waals surface area contributed by atoms with Gasteiger partial charge in [0.05, 0.1) is 0 Å². The molecule has 8 heteroatoms. The average Bonchev–Trinajstić information content (AvgIpc) is 2.80. The van der Waals surface area contributed by atoms with Crippen LogP contribution in [-0.4, -0.2) is 31.0 Å². The Kier molecular flexibility index (Phi) is 2.80. The van der Waals surface area contributed by atoms with E-state index in [9.17, 15) is 13.2 Å². The lowest BCUT2D eigenvalue weighted by molar-refractivity contribution is -0.206. The Morgan fingerprint density at radius 1 is 1.29 bits per heavy atom. The van der Waals surface area contributed by atoms with E-state index in [4.69, 9.17) is 5.11 Å². The van der Waals surface area contributed by atoms with Gasteiger partial charge in [-0.25, -0.2) is 14.6 Å². The van der Waals surface area contributed by atoms with Crippen molar-refractivity contribution < 1.29 is 18.3 Å². The highest BCUT2D eigenvalue weighted by atomic mass is 19.4. The fraction of sp³-hybridized carbons (Fsp3) is 0.222. The molecule has 0 spiro atoms. The monoisotopic (exact) mass is 244 g/mol. The van der Waals surface area contributed by atoms with Crippen molar-refractivity contribution in [1.82, 2.24) is 19.7 Å². The number of hydrogen-bond donors (Lipinski definition) is 1. The van der Waals surface area contributed by atoms with Crippen molar-refractivity contribution in [2.75, 3.05) is 0 Å². The molecule has 0 bridgehead atoms. The van der Waals surface area contributed by atoms with Crippen LogP contribution in [0.1, 0.15) is 11.7 Å². The summed E-state index contributed by atoms with van der Waals surface area (Å²) >= 11 is 0. The van der Waals surface area contributed by atoms with Gasteiger partial charge in [-0.2, -0.15) is 18.3 Å². The molecule has 5 nitrogen and oxygen atoms in total. The Morgan fingerprint density at radius 2 is 2.06 bits per heavy atom. The molecule has 0 aliphatic heterocycles. The Morgan fingerprint density at radius 3 is 2.53 bits per heavy atom. The molecule has 0 aliphatic rings. The zero-order chi connectivity index (χ0) is 12.5. The molecule has 2 heterocycles. The highest BCUT2D eigenvalue weighted by molar-refractivity contribution is 5.25. The summed E-state index contributed by atoms with van der Waals surface area (Å²) in [6, 6.07) is 2.46. The number of halogens is 3. The smallest absolute Gasteiger partial charge is 0.379 e. The molecule has 0 unspecified atom stereocenters. The number of nitrogens with zero attached hydrogens (tertiary/aromatic N) is 4. The van der Waals surface area contributed by atoms with Gasteiger partial charge in [0.25, 0.3) is 0 Å². The van der Waals surface area contributed by atoms with Gasteiger partial charge < -0.3 is 5.11 Å². The van der Waals surface area contributed by atoms with Gasteiger partial charge in [0, 0.05) is 11.8 Å². The molecule has 90 valence electrons. The minimum atomic E-state index is -4.70. The molecule has 0 amide bonds. The lowest BCUT2D eigenvalue weighted by Gasteiger charge is -2.14. The third-order valence-corrected chi connectivity index (χ3v) is 2.05. The summed E-state index contributed by atoms with van der Waals surface area (Å²) in [6.07, 6.45) is -3.63. The average molecular weight is 244 g/mol. The summed E-state index contributed by atoms with van der Waals surface area (Å²) in [5, 5.41) is 12.7. The fourth-order valence-electron chi connectivity index (χ4n) is 1.21. The standard InChI is InChI=1S/C9H7F3N4O/c10-9(11,12)8(17)6-1-2-7(14-3-6)16-5-13-4-15-16/h1-5,8,17H/t8-/m1/s1. The van der Waals surface area contributed by atoms with Crippen molar-refractivity contribution in [3.05, 3.63) is 36.5 Å². The first-order valence-corrected chi connectivity index (χ1v) is 4.54. The van der Waals surface area contributed by atoms with Crippen molar-refractivity contribution in [3.8, 4) is 5.82 Å². The number of pyridine rings is 1. The van der Waals surface area contributed by atoms with Gasteiger partial charge >= 0.3 is 6.18 Å². The zero-order valence-corrected chi connectivity index (χ0v) is 8.33. The maximum atomic E-state index is 12.2. The van der Waals surface area contributed by atoms with Crippen LogP contribution in [0.25, 0.3) is 5.82 Å². The molecule has 2 rings (SSSR count). The van der Waals surface area contributed by atoms with E-state index in [1.165, 1.54) is 23.4 Å². The largest absolute Gasteiger partial charge is 0.418 e. The number of aromatic nitrogens is 4. The third-order valence-electron chi connectivity index (χ3n) is 2.05. The summed E-state index contributed by atoms with van der Waals surface area (Å²) in [4.78, 5) is 7.43. The van der Waals surface area contributed by atoms with Crippen molar-refractivity contribution in [2.45, 2.75) is 12.3 Å². The molecule has 2 aromatic rings. The molecular weight excluding hydrogens is 237 g/mol. The molecule has 0 saturated carbocycles. The number of aliphatic hydroxyl groups excluding tert-OH is 1. The van der Waals surface area contributed by atoms with Crippen molar-refractivity contribution in [1.29, 1.82) is 0 Å². The van der Waals surface area contributed by atoms with Crippen LogP contribution in [0.15, 0.2) is 31.0 Å². The Labute approximate surface area is 93.6 Å². The van der Waals surface area contributed by atoms with Crippen LogP contribution in [0.4, 0.5) is 13.2 Å². The van der Waals surface area contributed by atoms with E-state index in [1.807, 2.05) is 0 Å². The number of aliphatic hydroxyl groups is 1. The predicted molar refractivity (Wildman–Crippen MR) is 50.2 cm³/mol. The van der Waals surface area contributed by atoms with Crippen LogP contribution in [0, 0.1) is 0 Å². The number of alkyl halides is 3. The van der Waals surface area contributed by atoms with Gasteiger partial charge in [0.1, 0.15) is 12.7 Å². The first kappa shape index (κ1) is 11.5. The van der Waals surface area contributed by atoms with Crippen LogP contribution < -0.4 is 0 Å². The molecule has 1 atom stereocenters. The van der Waals surface area contributed by atoms with Gasteiger partial charge in [-0.15, -0.1) is 0 Å². The minimum Gasteiger partial charge on any atom is -0.379 e. The zero-order valence-electron chi connectivity index (χ0n) is 8.33. The molecule has 2 aromatic heterocycles. The molecule has 0 radical (unpaired) electrons. The molecule has 0 fully saturated rings. The molecule has 0 aliphatic carbocycles. The van der Waals surface area contributed by atoms with E-state index in [-0.39, 0.29) is 5.56 Å². The van der Waals surface area contributed by atoms with Gasteiger partial charge in [-0.3, -0.25) is 0 Å². The highest BCUT2D eigenvalue weighted by Crippen LogP contribution is 2.31. The van der Waals surface area contributed by atoms with Crippen LogP contribution in [0.3, 0.4) is 0 Å². The predicted octanol–water partition coefficient (Wildman–Crippen LogP) is 1.26. The van der Waals surface area contributed by atoms with Gasteiger partial charge in [-0.05, 0) is 6.07 Å². The summed E-state index contributed by atoms with van der Waals surface area (Å²) in [5.41, 5.74) is -0.318. The Hall–Kier alpha value is -1.96. The van der Waals surface area contributed by atoms with Crippen molar-refractivity contribution in [3.63, 3.8) is 0 Å². The fourth-order valence-corrected chi connectivity index (χ4v) is 1.21. The molecule has 1 N–H and O–H groups in total. The second-order valence-corrected chi connectivity index (χ2v) is 3.23. The van der Waals surface area contributed by atoms with Gasteiger partial charge in [-0.1, -0.05) is 6.07 Å². The highest BCUT2D eigenvalue weighted by Gasteiger charge is 2.39. The van der Waals surface area contributed by atoms with Gasteiger partial charge in [0.15, 0.2) is 11.9 Å². The lowest BCUT2D eigenvalue weighted by atomic mass is 10.1. The first-order valence-electron chi connectivity index (χ1n) is 4.54. The van der Waals surface area contributed by atoms with E-state index in [0.717, 1.165) is 12.3 Å². The van der Waals surface area contributed by atoms with Crippen molar-refractivity contribution >= 4 is 0 Å². The maximum absolute atomic E-state index is 12.2. The Balaban J connectivity index is 2.25. The summed E-state index contributed by atoms with van der Waals surface area (Å²) in [6.45, 7) is 0. The molecular formula is C9H7F3N4O. The minimum absolute atomic E-state index is 0.318. The number of hydrogen-bond acceptors (Lipinski definition) is 4. The van der Waals surface area contributed by atoms with E-state index in [1.54, 1.807) is 0 Å². The van der Waals surface area contributed by atoms with E-state index in [0.29, 0.717) is 5.82 Å². The molecule has 0 aromatic carbocycles. The van der Waals surface area contributed by atoms with Crippen LogP contribution in [-0.2, 0) is 0 Å². The summed E-state index contributed by atoms with van der Waals surface area (Å²) in [7, 11) is 0. The second-order valence-electron chi connectivity index (χ2n) is 3.23. The summed E-state index contributed by atoms with van der Waals surface area (Å²) < 4.78 is 37.9. The summed E-state index contributed by atoms with van der Waals surface area (Å²) in [5.74, 6) is 0.320. The van der Waals surface area contributed by atoms with E-state index in [2.05, 4.69) is 15.1 Å². The van der Waals surface area contributed by atoms with Crippen LogP contribution in [0.5, 0.6) is 0 Å². The topological polar surface area (TPSA) is 63.8 Å². The SMILES string of the molecule is O[C@H](c1ccc(-n2cncn2)nc1)C(F)(F)F. The quantitative estimate of drug-likeness (QED) is 0.863. The van der Waals surface area contributed by atoms with Crippen LogP contribution in [0.2, 0.25) is 0 Å². The molecule has 0 saturated heterocycles. The maximum Gasteiger partial charge on any atom is 0.418 e. The molecule has 17 heavy (non-hydrogen) atoms. The van der Waals surface area contributed by atoms with E-state index < -0.39 is 12.3 Å². The van der Waals surface area contributed by atoms with E-state index >= 15 is 0 Å². The third kappa shape index (κ3) is 2.41. The lowest BCUT2D eigenvalue weighted by Crippen LogP contribution is -2.20. The van der Waals surface area contributed by atoms with Crippen LogP contribution >= 0.6 is 0 Å². The van der Waals surface area contributed by atoms with Gasteiger partial charge in [0.2, 0.25) is 0 Å². The number of rotatable bonds is 2. The second kappa shape index (κ2) is 4.13. The Bertz CT molecular complexity index is 480.